The van der Waals surface area contributed by atoms with E-state index in [9.17, 15) is 9.90 Å². The molecule has 0 fully saturated rings. The molecule has 0 atom stereocenters. The number of aromatic hydroxyl groups is 1. The Balaban J connectivity index is 2.43. The predicted molar refractivity (Wildman–Crippen MR) is 69.3 cm³/mol. The minimum atomic E-state index is -0.463. The van der Waals surface area contributed by atoms with Gasteiger partial charge in [-0.2, -0.15) is 0 Å². The molecule has 0 aromatic heterocycles. The number of hydrogen-bond donors (Lipinski definition) is 2. The molecule has 0 bridgehead atoms. The zero-order chi connectivity index (χ0) is 13.1. The first kappa shape index (κ1) is 12.0. The minimum absolute atomic E-state index is 0.183. The maximum absolute atomic E-state index is 11.4. The predicted octanol–water partition coefficient (Wildman–Crippen LogP) is 2.43. The number of phenolic OH excluding ortho intramolecular Hbond substituents is 1. The van der Waals surface area contributed by atoms with E-state index in [2.05, 4.69) is 4.74 Å². The zero-order valence-electron chi connectivity index (χ0n) is 9.88. The van der Waals surface area contributed by atoms with E-state index in [1.807, 2.05) is 6.07 Å². The number of rotatable bonds is 2. The third-order valence-electron chi connectivity index (χ3n) is 2.64. The highest BCUT2D eigenvalue weighted by atomic mass is 16.5. The van der Waals surface area contributed by atoms with Gasteiger partial charge in [0.2, 0.25) is 0 Å². The van der Waals surface area contributed by atoms with Gasteiger partial charge in [0.15, 0.2) is 0 Å². The monoisotopic (exact) mass is 243 g/mol. The van der Waals surface area contributed by atoms with Gasteiger partial charge in [0.25, 0.3) is 0 Å². The smallest absolute Gasteiger partial charge is 0.339 e. The van der Waals surface area contributed by atoms with Crippen LogP contribution in [0.3, 0.4) is 0 Å². The highest BCUT2D eigenvalue weighted by Gasteiger charge is 2.10. The van der Waals surface area contributed by atoms with Crippen molar-refractivity contribution in [3.63, 3.8) is 0 Å². The Bertz CT molecular complexity index is 593. The number of nitrogen functional groups attached to an aromatic ring is 1. The Morgan fingerprint density at radius 2 is 1.89 bits per heavy atom. The minimum Gasteiger partial charge on any atom is -0.508 e. The van der Waals surface area contributed by atoms with Crippen LogP contribution in [0.25, 0.3) is 11.1 Å². The van der Waals surface area contributed by atoms with E-state index in [1.165, 1.54) is 7.11 Å². The van der Waals surface area contributed by atoms with Crippen LogP contribution in [0.1, 0.15) is 10.4 Å². The van der Waals surface area contributed by atoms with Gasteiger partial charge in [-0.05, 0) is 35.4 Å². The number of methoxy groups -OCH3 is 1. The second-order valence-corrected chi connectivity index (χ2v) is 3.84. The van der Waals surface area contributed by atoms with Gasteiger partial charge in [-0.15, -0.1) is 0 Å². The van der Waals surface area contributed by atoms with Crippen molar-refractivity contribution in [3.05, 3.63) is 48.0 Å². The number of phenols is 1. The molecule has 0 spiro atoms. The van der Waals surface area contributed by atoms with Crippen molar-refractivity contribution in [2.45, 2.75) is 0 Å². The maximum atomic E-state index is 11.4. The average molecular weight is 243 g/mol. The molecule has 0 unspecified atom stereocenters. The van der Waals surface area contributed by atoms with E-state index in [4.69, 9.17) is 5.73 Å². The summed E-state index contributed by atoms with van der Waals surface area (Å²) in [7, 11) is 1.31. The zero-order valence-corrected chi connectivity index (χ0v) is 9.88. The first-order chi connectivity index (χ1) is 8.61. The van der Waals surface area contributed by atoms with Crippen LogP contribution in [0.15, 0.2) is 42.5 Å². The summed E-state index contributed by atoms with van der Waals surface area (Å²) in [6.45, 7) is 0. The van der Waals surface area contributed by atoms with Gasteiger partial charge in [-0.3, -0.25) is 0 Å². The normalized spacial score (nSPS) is 10.1. The van der Waals surface area contributed by atoms with Crippen molar-refractivity contribution in [2.75, 3.05) is 12.8 Å². The summed E-state index contributed by atoms with van der Waals surface area (Å²) in [4.78, 5) is 11.4. The fourth-order valence-corrected chi connectivity index (χ4v) is 1.72. The maximum Gasteiger partial charge on any atom is 0.339 e. The molecule has 18 heavy (non-hydrogen) atoms. The summed E-state index contributed by atoms with van der Waals surface area (Å²) in [5.41, 5.74) is 8.16. The van der Waals surface area contributed by atoms with Crippen molar-refractivity contribution in [3.8, 4) is 16.9 Å². The molecule has 92 valence electrons. The molecule has 0 amide bonds. The Labute approximate surface area is 105 Å². The van der Waals surface area contributed by atoms with Crippen LogP contribution in [0.5, 0.6) is 5.75 Å². The van der Waals surface area contributed by atoms with Crippen LogP contribution < -0.4 is 5.73 Å². The van der Waals surface area contributed by atoms with Crippen LogP contribution in [-0.4, -0.2) is 18.2 Å². The molecule has 2 rings (SSSR count). The third kappa shape index (κ3) is 2.27. The van der Waals surface area contributed by atoms with E-state index in [0.717, 1.165) is 11.1 Å². The first-order valence-electron chi connectivity index (χ1n) is 5.39. The molecule has 0 saturated heterocycles. The SMILES string of the molecule is COC(=O)c1ccc(-c2cccc(O)c2)cc1N. The molecule has 4 nitrogen and oxygen atoms in total. The Hall–Kier alpha value is -2.49. The molecule has 2 aromatic rings. The number of ether oxygens (including phenoxy) is 1. The van der Waals surface area contributed by atoms with E-state index in [-0.39, 0.29) is 5.75 Å². The Morgan fingerprint density at radius 3 is 2.50 bits per heavy atom. The van der Waals surface area contributed by atoms with Crippen molar-refractivity contribution < 1.29 is 14.6 Å². The summed E-state index contributed by atoms with van der Waals surface area (Å²) in [6, 6.07) is 11.9. The van der Waals surface area contributed by atoms with Crippen LogP contribution in [0, 0.1) is 0 Å². The molecule has 2 aromatic carbocycles. The fourth-order valence-electron chi connectivity index (χ4n) is 1.72. The van der Waals surface area contributed by atoms with Gasteiger partial charge in [-0.1, -0.05) is 18.2 Å². The lowest BCUT2D eigenvalue weighted by Gasteiger charge is -2.07. The largest absolute Gasteiger partial charge is 0.508 e. The summed E-state index contributed by atoms with van der Waals surface area (Å²) in [6.07, 6.45) is 0. The van der Waals surface area contributed by atoms with Gasteiger partial charge < -0.3 is 15.6 Å². The van der Waals surface area contributed by atoms with E-state index in [1.54, 1.807) is 36.4 Å². The van der Waals surface area contributed by atoms with Crippen molar-refractivity contribution >= 4 is 11.7 Å². The molecular formula is C14H13NO3. The summed E-state index contributed by atoms with van der Waals surface area (Å²) in [5, 5.41) is 9.42. The second-order valence-electron chi connectivity index (χ2n) is 3.84. The van der Waals surface area contributed by atoms with Crippen molar-refractivity contribution in [1.82, 2.24) is 0 Å². The number of benzene rings is 2. The number of nitrogens with two attached hydrogens (primary N) is 1. The Morgan fingerprint density at radius 1 is 1.17 bits per heavy atom. The molecule has 3 N–H and O–H groups in total. The quantitative estimate of drug-likeness (QED) is 0.627. The van der Waals surface area contributed by atoms with Gasteiger partial charge >= 0.3 is 5.97 Å². The molecule has 4 heteroatoms. The van der Waals surface area contributed by atoms with Crippen molar-refractivity contribution in [1.29, 1.82) is 0 Å². The number of hydrogen-bond acceptors (Lipinski definition) is 4. The van der Waals surface area contributed by atoms with Gasteiger partial charge in [0.1, 0.15) is 5.75 Å². The van der Waals surface area contributed by atoms with Crippen molar-refractivity contribution in [2.24, 2.45) is 0 Å². The number of anilines is 1. The highest BCUT2D eigenvalue weighted by Crippen LogP contribution is 2.26. The summed E-state index contributed by atoms with van der Waals surface area (Å²) < 4.78 is 4.62. The lowest BCUT2D eigenvalue weighted by Crippen LogP contribution is -2.05. The van der Waals surface area contributed by atoms with Crippen LogP contribution in [0.2, 0.25) is 0 Å². The van der Waals surface area contributed by atoms with E-state index >= 15 is 0 Å². The molecule has 0 aliphatic carbocycles. The summed E-state index contributed by atoms with van der Waals surface area (Å²) >= 11 is 0. The van der Waals surface area contributed by atoms with Gasteiger partial charge in [0, 0.05) is 5.69 Å². The second kappa shape index (κ2) is 4.79. The lowest BCUT2D eigenvalue weighted by molar-refractivity contribution is 0.0602. The van der Waals surface area contributed by atoms with E-state index in [0.29, 0.717) is 11.3 Å². The molecular weight excluding hydrogens is 230 g/mol. The molecule has 0 aliphatic heterocycles. The topological polar surface area (TPSA) is 72.5 Å². The standard InChI is InChI=1S/C14H13NO3/c1-18-14(17)12-6-5-10(8-13(12)15)9-3-2-4-11(16)7-9/h2-8,16H,15H2,1H3. The molecule has 0 heterocycles. The molecule has 0 aliphatic rings. The highest BCUT2D eigenvalue weighted by molar-refractivity contribution is 5.96. The number of carbonyl (C=O) groups is 1. The first-order valence-corrected chi connectivity index (χ1v) is 5.39. The van der Waals surface area contributed by atoms with Crippen LogP contribution >= 0.6 is 0 Å². The molecule has 0 saturated carbocycles. The fraction of sp³-hybridized carbons (Fsp3) is 0.0714. The van der Waals surface area contributed by atoms with Gasteiger partial charge in [0.05, 0.1) is 12.7 Å². The van der Waals surface area contributed by atoms with Crippen LogP contribution in [0.4, 0.5) is 5.69 Å². The summed E-state index contributed by atoms with van der Waals surface area (Å²) in [5.74, 6) is -0.280. The number of esters is 1. The van der Waals surface area contributed by atoms with Gasteiger partial charge in [-0.25, -0.2) is 4.79 Å². The lowest BCUT2D eigenvalue weighted by atomic mass is 10.0. The average Bonchev–Trinajstić information content (AvgIpc) is 2.37. The number of carbonyl (C=O) groups excluding carboxylic acids is 1. The third-order valence-corrected chi connectivity index (χ3v) is 2.64. The van der Waals surface area contributed by atoms with E-state index < -0.39 is 5.97 Å². The molecule has 0 radical (unpaired) electrons. The Kier molecular flexibility index (Phi) is 3.19. The van der Waals surface area contributed by atoms with Crippen LogP contribution in [-0.2, 0) is 4.74 Å².